The van der Waals surface area contributed by atoms with Gasteiger partial charge < -0.3 is 29.2 Å². The molecule has 188 valence electrons. The number of benzene rings is 3. The lowest BCUT2D eigenvalue weighted by atomic mass is 10.00. The summed E-state index contributed by atoms with van der Waals surface area (Å²) >= 11 is 0. The summed E-state index contributed by atoms with van der Waals surface area (Å²) in [6.07, 6.45) is 0.0491. The maximum Gasteiger partial charge on any atom is 0.255 e. The van der Waals surface area contributed by atoms with Crippen LogP contribution in [0.3, 0.4) is 0 Å². The van der Waals surface area contributed by atoms with Crippen molar-refractivity contribution in [3.8, 4) is 23.0 Å². The summed E-state index contributed by atoms with van der Waals surface area (Å²) in [6, 6.07) is 18.0. The van der Waals surface area contributed by atoms with Crippen LogP contribution in [0.2, 0.25) is 0 Å². The zero-order chi connectivity index (χ0) is 25.7. The lowest BCUT2D eigenvalue weighted by Crippen LogP contribution is -2.34. The minimum atomic E-state index is -0.559. The lowest BCUT2D eigenvalue weighted by Gasteiger charge is -2.29. The van der Waals surface area contributed by atoms with Gasteiger partial charge in [-0.1, -0.05) is 36.4 Å². The predicted molar refractivity (Wildman–Crippen MR) is 135 cm³/mol. The molecule has 0 unspecified atom stereocenters. The van der Waals surface area contributed by atoms with Crippen molar-refractivity contribution in [3.63, 3.8) is 0 Å². The Morgan fingerprint density at radius 1 is 0.889 bits per heavy atom. The average molecular weight is 491 g/mol. The highest BCUT2D eigenvalue weighted by molar-refractivity contribution is 5.99. The molecule has 0 saturated heterocycles. The number of carbonyl (C=O) groups is 2. The summed E-state index contributed by atoms with van der Waals surface area (Å²) in [5, 5.41) is 2.97. The van der Waals surface area contributed by atoms with Crippen molar-refractivity contribution in [3.05, 3.63) is 82.9 Å². The number of ether oxygens (including phenoxy) is 4. The number of fused-ring (bicyclic) bond motifs is 1. The van der Waals surface area contributed by atoms with E-state index < -0.39 is 6.04 Å². The summed E-state index contributed by atoms with van der Waals surface area (Å²) < 4.78 is 21.9. The second-order valence-electron chi connectivity index (χ2n) is 8.36. The molecule has 1 aliphatic rings. The molecule has 0 fully saturated rings. The highest BCUT2D eigenvalue weighted by atomic mass is 16.5. The Labute approximate surface area is 210 Å². The predicted octanol–water partition coefficient (Wildman–Crippen LogP) is 4.12. The Kier molecular flexibility index (Phi) is 7.63. The maximum atomic E-state index is 13.4. The molecule has 1 N–H and O–H groups in total. The standard InChI is InChI=1S/C28H30N2O6/c1-33-23-12-8-6-9-18(23)16-29-26(31)15-22(30-17-19-10-5-7-11-21(19)28(30)32)20-13-24(34-2)27(36-4)25(14-20)35-3/h5-14,22H,15-17H2,1-4H3,(H,29,31)/t22-/m1/s1. The number of nitrogens with one attached hydrogen (secondary N) is 1. The van der Waals surface area contributed by atoms with E-state index in [1.807, 2.05) is 48.5 Å². The number of hydrogen-bond donors (Lipinski definition) is 1. The van der Waals surface area contributed by atoms with Crippen LogP contribution in [-0.2, 0) is 17.9 Å². The molecule has 0 aromatic heterocycles. The first-order valence-corrected chi connectivity index (χ1v) is 11.6. The molecule has 0 spiro atoms. The first-order chi connectivity index (χ1) is 17.5. The van der Waals surface area contributed by atoms with Crippen LogP contribution in [0.4, 0.5) is 0 Å². The molecule has 8 heteroatoms. The second-order valence-corrected chi connectivity index (χ2v) is 8.36. The van der Waals surface area contributed by atoms with E-state index in [2.05, 4.69) is 5.32 Å². The normalized spacial score (nSPS) is 13.1. The van der Waals surface area contributed by atoms with E-state index >= 15 is 0 Å². The van der Waals surface area contributed by atoms with E-state index in [-0.39, 0.29) is 18.2 Å². The highest BCUT2D eigenvalue weighted by Crippen LogP contribution is 2.42. The van der Waals surface area contributed by atoms with Gasteiger partial charge in [0.2, 0.25) is 11.7 Å². The van der Waals surface area contributed by atoms with E-state index in [1.165, 1.54) is 21.3 Å². The van der Waals surface area contributed by atoms with Crippen LogP contribution in [-0.4, -0.2) is 45.2 Å². The second kappa shape index (κ2) is 11.0. The van der Waals surface area contributed by atoms with Crippen molar-refractivity contribution in [1.29, 1.82) is 0 Å². The van der Waals surface area contributed by atoms with Crippen LogP contribution < -0.4 is 24.3 Å². The minimum Gasteiger partial charge on any atom is -0.496 e. The van der Waals surface area contributed by atoms with Gasteiger partial charge in [-0.3, -0.25) is 9.59 Å². The first kappa shape index (κ1) is 24.9. The Hall–Kier alpha value is -4.20. The van der Waals surface area contributed by atoms with Crippen LogP contribution in [0.5, 0.6) is 23.0 Å². The van der Waals surface area contributed by atoms with Crippen LogP contribution >= 0.6 is 0 Å². The molecule has 1 atom stereocenters. The molecular weight excluding hydrogens is 460 g/mol. The molecule has 2 amide bonds. The zero-order valence-electron chi connectivity index (χ0n) is 20.9. The molecule has 0 bridgehead atoms. The molecule has 36 heavy (non-hydrogen) atoms. The number of amides is 2. The smallest absolute Gasteiger partial charge is 0.255 e. The summed E-state index contributed by atoms with van der Waals surface area (Å²) in [4.78, 5) is 28.3. The van der Waals surface area contributed by atoms with Gasteiger partial charge in [0.15, 0.2) is 11.5 Å². The molecule has 0 aliphatic carbocycles. The van der Waals surface area contributed by atoms with Crippen molar-refractivity contribution < 1.29 is 28.5 Å². The fraction of sp³-hybridized carbons (Fsp3) is 0.286. The van der Waals surface area contributed by atoms with Gasteiger partial charge in [-0.25, -0.2) is 0 Å². The Morgan fingerprint density at radius 3 is 2.17 bits per heavy atom. The topological polar surface area (TPSA) is 86.3 Å². The Morgan fingerprint density at radius 2 is 1.53 bits per heavy atom. The molecule has 0 saturated carbocycles. The largest absolute Gasteiger partial charge is 0.496 e. The van der Waals surface area contributed by atoms with Gasteiger partial charge in [0, 0.05) is 24.2 Å². The van der Waals surface area contributed by atoms with Crippen LogP contribution in [0, 0.1) is 0 Å². The van der Waals surface area contributed by atoms with Gasteiger partial charge in [-0.05, 0) is 35.4 Å². The van der Waals surface area contributed by atoms with Crippen molar-refractivity contribution in [2.45, 2.75) is 25.6 Å². The van der Waals surface area contributed by atoms with Crippen LogP contribution in [0.25, 0.3) is 0 Å². The number of methoxy groups -OCH3 is 4. The van der Waals surface area contributed by atoms with E-state index in [9.17, 15) is 9.59 Å². The third-order valence-electron chi connectivity index (χ3n) is 6.34. The third-order valence-corrected chi connectivity index (χ3v) is 6.34. The Bertz CT molecular complexity index is 1230. The quantitative estimate of drug-likeness (QED) is 0.460. The van der Waals surface area contributed by atoms with Gasteiger partial charge in [0.1, 0.15) is 5.75 Å². The number of rotatable bonds is 10. The summed E-state index contributed by atoms with van der Waals surface area (Å²) in [5.74, 6) is 1.72. The summed E-state index contributed by atoms with van der Waals surface area (Å²) in [5.41, 5.74) is 3.14. The van der Waals surface area contributed by atoms with E-state index in [1.54, 1.807) is 24.1 Å². The van der Waals surface area contributed by atoms with Crippen molar-refractivity contribution in [2.75, 3.05) is 28.4 Å². The molecule has 4 rings (SSSR count). The van der Waals surface area contributed by atoms with Gasteiger partial charge in [0.25, 0.3) is 5.91 Å². The van der Waals surface area contributed by atoms with Gasteiger partial charge >= 0.3 is 0 Å². The minimum absolute atomic E-state index is 0.0491. The Balaban J connectivity index is 1.65. The SMILES string of the molecule is COc1ccccc1CNC(=O)C[C@H](c1cc(OC)c(OC)c(OC)c1)N1Cc2ccccc2C1=O. The molecule has 0 radical (unpaired) electrons. The number of carbonyl (C=O) groups excluding carboxylic acids is 2. The fourth-order valence-corrected chi connectivity index (χ4v) is 4.52. The molecular formula is C28H30N2O6. The number of nitrogens with zero attached hydrogens (tertiary/aromatic N) is 1. The number of hydrogen-bond acceptors (Lipinski definition) is 6. The van der Waals surface area contributed by atoms with Gasteiger partial charge in [0.05, 0.1) is 40.9 Å². The van der Waals surface area contributed by atoms with Gasteiger partial charge in [-0.15, -0.1) is 0 Å². The lowest BCUT2D eigenvalue weighted by molar-refractivity contribution is -0.122. The van der Waals surface area contributed by atoms with Crippen molar-refractivity contribution in [2.24, 2.45) is 0 Å². The van der Waals surface area contributed by atoms with Crippen LogP contribution in [0.15, 0.2) is 60.7 Å². The summed E-state index contributed by atoms with van der Waals surface area (Å²) in [7, 11) is 6.20. The van der Waals surface area contributed by atoms with Gasteiger partial charge in [-0.2, -0.15) is 0 Å². The van der Waals surface area contributed by atoms with E-state index in [4.69, 9.17) is 18.9 Å². The maximum absolute atomic E-state index is 13.4. The molecule has 8 nitrogen and oxygen atoms in total. The zero-order valence-corrected chi connectivity index (χ0v) is 20.9. The van der Waals surface area contributed by atoms with E-state index in [0.717, 1.165) is 11.1 Å². The first-order valence-electron chi connectivity index (χ1n) is 11.6. The number of para-hydroxylation sites is 1. The van der Waals surface area contributed by atoms with Crippen molar-refractivity contribution >= 4 is 11.8 Å². The molecule has 1 heterocycles. The summed E-state index contributed by atoms with van der Waals surface area (Å²) in [6.45, 7) is 0.703. The van der Waals surface area contributed by atoms with E-state index in [0.29, 0.717) is 47.2 Å². The van der Waals surface area contributed by atoms with Crippen LogP contribution in [0.1, 0.15) is 39.5 Å². The highest BCUT2D eigenvalue weighted by Gasteiger charge is 2.35. The molecule has 3 aromatic carbocycles. The average Bonchev–Trinajstić information content (AvgIpc) is 3.25. The monoisotopic (exact) mass is 490 g/mol. The molecule has 3 aromatic rings. The third kappa shape index (κ3) is 4.93. The fourth-order valence-electron chi connectivity index (χ4n) is 4.52. The van der Waals surface area contributed by atoms with Crippen molar-refractivity contribution in [1.82, 2.24) is 10.2 Å². The molecule has 1 aliphatic heterocycles.